The van der Waals surface area contributed by atoms with Gasteiger partial charge in [0.1, 0.15) is 5.75 Å². The van der Waals surface area contributed by atoms with E-state index in [0.717, 1.165) is 0 Å². The Hall–Kier alpha value is -4.82. The molecule has 6 heteroatoms. The topological polar surface area (TPSA) is 49.7 Å². The molecule has 0 bridgehead atoms. The second-order valence-corrected chi connectivity index (χ2v) is 20.0. The zero-order valence-corrected chi connectivity index (χ0v) is 39.3. The van der Waals surface area contributed by atoms with Crippen LogP contribution in [0, 0.1) is 83.1 Å². The molecule has 3 nitrogen and oxygen atoms in total. The summed E-state index contributed by atoms with van der Waals surface area (Å²) in [5.41, 5.74) is 16.8. The Balaban J connectivity index is 0.000000186. The molecule has 0 spiro atoms. The van der Waals surface area contributed by atoms with Gasteiger partial charge in [-0.15, -0.1) is 0 Å². The highest BCUT2D eigenvalue weighted by atomic mass is 31.1. The van der Waals surface area contributed by atoms with Crippen molar-refractivity contribution in [2.24, 2.45) is 0 Å². The van der Waals surface area contributed by atoms with Gasteiger partial charge in [-0.3, -0.25) is 0 Å². The van der Waals surface area contributed by atoms with Crippen molar-refractivity contribution in [3.63, 3.8) is 0 Å². The molecule has 7 aromatic carbocycles. The molecule has 7 rings (SSSR count). The number of benzene rings is 7. The van der Waals surface area contributed by atoms with Crippen molar-refractivity contribution in [1.29, 1.82) is 0 Å². The van der Waals surface area contributed by atoms with Gasteiger partial charge < -0.3 is 14.7 Å². The first kappa shape index (κ1) is 46.3. The first-order valence-electron chi connectivity index (χ1n) is 20.7. The Morgan fingerprint density at radius 3 is 0.717 bits per heavy atom. The van der Waals surface area contributed by atoms with Crippen LogP contribution >= 0.6 is 15.8 Å². The molecule has 2 N–H and O–H groups in total. The number of hydrogen-bond donors (Lipinski definition) is 2. The minimum Gasteiger partial charge on any atom is -0.512 e. The molecular formula is C54H61BO3P2. The summed E-state index contributed by atoms with van der Waals surface area (Å²) in [5, 5.41) is 25.6. The molecule has 308 valence electrons. The van der Waals surface area contributed by atoms with E-state index in [2.05, 4.69) is 197 Å². The van der Waals surface area contributed by atoms with Gasteiger partial charge >= 0.3 is 7.32 Å². The number of hydrogen-bond acceptors (Lipinski definition) is 3. The molecule has 0 aliphatic heterocycles. The van der Waals surface area contributed by atoms with Crippen molar-refractivity contribution >= 4 is 55.0 Å². The third-order valence-corrected chi connectivity index (χ3v) is 17.7. The van der Waals surface area contributed by atoms with Crippen LogP contribution in [0.5, 0.6) is 5.75 Å². The van der Waals surface area contributed by atoms with Crippen LogP contribution in [0.3, 0.4) is 0 Å². The lowest BCUT2D eigenvalue weighted by Crippen LogP contribution is -2.26. The Morgan fingerprint density at radius 2 is 0.517 bits per heavy atom. The first-order chi connectivity index (χ1) is 28.6. The molecule has 0 amide bonds. The van der Waals surface area contributed by atoms with E-state index in [9.17, 15) is 0 Å². The average molecular weight is 831 g/mol. The van der Waals surface area contributed by atoms with Gasteiger partial charge in [0.25, 0.3) is 0 Å². The van der Waals surface area contributed by atoms with Gasteiger partial charge in [-0.1, -0.05) is 127 Å². The quantitative estimate of drug-likeness (QED) is 0.118. The third-order valence-electron chi connectivity index (χ3n) is 11.9. The second-order valence-electron chi connectivity index (χ2n) is 15.7. The third kappa shape index (κ3) is 10.9. The van der Waals surface area contributed by atoms with Crippen LogP contribution in [0.25, 0.3) is 0 Å². The Labute approximate surface area is 363 Å². The maximum Gasteiger partial charge on any atom is 0.707 e. The van der Waals surface area contributed by atoms with E-state index in [1.165, 1.54) is 98.6 Å². The van der Waals surface area contributed by atoms with Crippen LogP contribution < -0.4 is 36.5 Å². The van der Waals surface area contributed by atoms with Gasteiger partial charge in [-0.2, -0.15) is 0 Å². The highest BCUT2D eigenvalue weighted by molar-refractivity contribution is 7.80. The standard InChI is InChI=1S/2C24H27P.C6H7BO3/c2*1-16-10-7-13-22(19(16)4)25(23-14-8-11-17(2)20(23)5)24-15-9-12-18(3)21(24)6;8-7(9)10-6-4-2-1-3-5-6/h2*7-15H,1-6H3;1-5,8-9H. The molecule has 60 heavy (non-hydrogen) atoms. The molecule has 0 fully saturated rings. The highest BCUT2D eigenvalue weighted by Gasteiger charge is 2.24. The molecule has 0 heterocycles. The van der Waals surface area contributed by atoms with E-state index in [1.54, 1.807) is 24.3 Å². The van der Waals surface area contributed by atoms with Crippen LogP contribution in [0.2, 0.25) is 0 Å². The van der Waals surface area contributed by atoms with Gasteiger partial charge in [0, 0.05) is 0 Å². The second kappa shape index (κ2) is 21.1. The van der Waals surface area contributed by atoms with E-state index in [1.807, 2.05) is 6.07 Å². The fraction of sp³-hybridized carbons (Fsp3) is 0.222. The lowest BCUT2D eigenvalue weighted by Gasteiger charge is -2.26. The molecular weight excluding hydrogens is 769 g/mol. The number of aryl methyl sites for hydroxylation is 6. The molecule has 0 radical (unpaired) electrons. The summed E-state index contributed by atoms with van der Waals surface area (Å²) in [6.07, 6.45) is 0. The number of rotatable bonds is 8. The summed E-state index contributed by atoms with van der Waals surface area (Å²) in [6.45, 7) is 27.0. The monoisotopic (exact) mass is 830 g/mol. The zero-order chi connectivity index (χ0) is 43.7. The summed E-state index contributed by atoms with van der Waals surface area (Å²) < 4.78 is 4.53. The van der Waals surface area contributed by atoms with Crippen LogP contribution in [0.15, 0.2) is 140 Å². The van der Waals surface area contributed by atoms with Crippen molar-refractivity contribution in [2.45, 2.75) is 83.1 Å². The molecule has 0 saturated carbocycles. The van der Waals surface area contributed by atoms with E-state index in [-0.39, 0.29) is 0 Å². The van der Waals surface area contributed by atoms with E-state index in [4.69, 9.17) is 10.0 Å². The molecule has 0 saturated heterocycles. The maximum absolute atomic E-state index is 8.34. The summed E-state index contributed by atoms with van der Waals surface area (Å²) in [6, 6.07) is 49.2. The summed E-state index contributed by atoms with van der Waals surface area (Å²) in [5.74, 6) is 0.442. The lowest BCUT2D eigenvalue weighted by atomic mass is 10.1. The van der Waals surface area contributed by atoms with Crippen molar-refractivity contribution in [2.75, 3.05) is 0 Å². The van der Waals surface area contributed by atoms with Gasteiger partial charge in [0.2, 0.25) is 0 Å². The van der Waals surface area contributed by atoms with Crippen LogP contribution in [-0.2, 0) is 0 Å². The SMILES string of the molecule is Cc1cccc(P(c2cccc(C)c2C)c2cccc(C)c2C)c1C.Cc1cccc(P(c2cccc(C)c2C)c2cccc(C)c2C)c1C.OB(O)Oc1ccccc1. The van der Waals surface area contributed by atoms with Gasteiger partial charge in [-0.05, 0) is 210 Å². The van der Waals surface area contributed by atoms with Crippen molar-refractivity contribution in [1.82, 2.24) is 0 Å². The largest absolute Gasteiger partial charge is 0.707 e. The predicted octanol–water partition coefficient (Wildman–Crippen LogP) is 10.6. The average Bonchev–Trinajstić information content (AvgIpc) is 3.22. The molecule has 0 atom stereocenters. The Morgan fingerprint density at radius 1 is 0.300 bits per heavy atom. The summed E-state index contributed by atoms with van der Waals surface area (Å²) >= 11 is 0. The van der Waals surface area contributed by atoms with E-state index < -0.39 is 23.2 Å². The number of para-hydroxylation sites is 1. The van der Waals surface area contributed by atoms with Gasteiger partial charge in [-0.25, -0.2) is 0 Å². The summed E-state index contributed by atoms with van der Waals surface area (Å²) in [7, 11) is -2.85. The molecule has 0 aliphatic rings. The van der Waals surface area contributed by atoms with Crippen molar-refractivity contribution < 1.29 is 14.7 Å². The van der Waals surface area contributed by atoms with Gasteiger partial charge in [0.05, 0.1) is 0 Å². The fourth-order valence-electron chi connectivity index (χ4n) is 7.27. The minimum absolute atomic E-state index is 0.442. The van der Waals surface area contributed by atoms with Crippen molar-refractivity contribution in [3.8, 4) is 5.75 Å². The normalized spacial score (nSPS) is 10.8. The Kier molecular flexibility index (Phi) is 16.3. The Bertz CT molecular complexity index is 2150. The highest BCUT2D eigenvalue weighted by Crippen LogP contribution is 2.39. The maximum atomic E-state index is 8.34. The predicted molar refractivity (Wildman–Crippen MR) is 264 cm³/mol. The minimum atomic E-state index is -1.73. The fourth-order valence-corrected chi connectivity index (χ4v) is 13.3. The molecule has 7 aromatic rings. The smallest absolute Gasteiger partial charge is 0.512 e. The van der Waals surface area contributed by atoms with E-state index >= 15 is 0 Å². The van der Waals surface area contributed by atoms with E-state index in [0.29, 0.717) is 5.75 Å². The van der Waals surface area contributed by atoms with Crippen molar-refractivity contribution in [3.05, 3.63) is 206 Å². The summed E-state index contributed by atoms with van der Waals surface area (Å²) in [4.78, 5) is 0. The zero-order valence-electron chi connectivity index (χ0n) is 37.6. The van der Waals surface area contributed by atoms with Gasteiger partial charge in [0.15, 0.2) is 0 Å². The molecule has 0 aliphatic carbocycles. The molecule has 0 aromatic heterocycles. The lowest BCUT2D eigenvalue weighted by molar-refractivity contribution is 0.288. The molecule has 0 unspecified atom stereocenters. The first-order valence-corrected chi connectivity index (χ1v) is 23.4. The van der Waals surface area contributed by atoms with Crippen LogP contribution in [0.1, 0.15) is 66.8 Å². The van der Waals surface area contributed by atoms with Crippen LogP contribution in [-0.4, -0.2) is 17.4 Å². The van der Waals surface area contributed by atoms with Crippen LogP contribution in [0.4, 0.5) is 0 Å².